The van der Waals surface area contributed by atoms with Gasteiger partial charge < -0.3 is 14.9 Å². The second-order valence-corrected chi connectivity index (χ2v) is 4.44. The molecule has 5 heteroatoms. The summed E-state index contributed by atoms with van der Waals surface area (Å²) in [6, 6.07) is 6.29. The SMILES string of the molecule is COc1ccc(C(=O)C2C=CC=CC2(O)C(=O)O)cc1. The molecule has 2 rings (SSSR count). The molecule has 0 saturated heterocycles. The molecule has 2 N–H and O–H groups in total. The van der Waals surface area contributed by atoms with Crippen LogP contribution in [0.5, 0.6) is 5.75 Å². The van der Waals surface area contributed by atoms with E-state index in [4.69, 9.17) is 9.84 Å². The zero-order valence-corrected chi connectivity index (χ0v) is 10.8. The number of ether oxygens (including phenoxy) is 1. The number of carbonyl (C=O) groups is 2. The lowest BCUT2D eigenvalue weighted by atomic mass is 9.79. The molecule has 0 aliphatic heterocycles. The summed E-state index contributed by atoms with van der Waals surface area (Å²) in [4.78, 5) is 23.6. The molecule has 1 aromatic carbocycles. The fourth-order valence-electron chi connectivity index (χ4n) is 2.05. The lowest BCUT2D eigenvalue weighted by Crippen LogP contribution is -2.47. The molecule has 0 amide bonds. The number of benzene rings is 1. The normalized spacial score (nSPS) is 24.4. The van der Waals surface area contributed by atoms with E-state index in [0.29, 0.717) is 11.3 Å². The van der Waals surface area contributed by atoms with Gasteiger partial charge in [0.2, 0.25) is 0 Å². The molecular formula is C15H14O5. The molecule has 1 aliphatic carbocycles. The minimum Gasteiger partial charge on any atom is -0.497 e. The summed E-state index contributed by atoms with van der Waals surface area (Å²) in [7, 11) is 1.51. The minimum absolute atomic E-state index is 0.315. The third-order valence-corrected chi connectivity index (χ3v) is 3.24. The van der Waals surface area contributed by atoms with Gasteiger partial charge in [0.25, 0.3) is 0 Å². The maximum absolute atomic E-state index is 12.4. The Bertz CT molecular complexity index is 585. The first kappa shape index (κ1) is 14.0. The zero-order valence-electron chi connectivity index (χ0n) is 10.8. The molecule has 2 atom stereocenters. The van der Waals surface area contributed by atoms with Gasteiger partial charge in [0.05, 0.1) is 13.0 Å². The molecule has 0 heterocycles. The zero-order chi connectivity index (χ0) is 14.8. The van der Waals surface area contributed by atoms with E-state index >= 15 is 0 Å². The van der Waals surface area contributed by atoms with Crippen molar-refractivity contribution in [2.45, 2.75) is 5.60 Å². The van der Waals surface area contributed by atoms with Crippen LogP contribution in [0.15, 0.2) is 48.6 Å². The number of allylic oxidation sites excluding steroid dienone is 2. The number of Topliss-reactive ketones (excluding diaryl/α,β-unsaturated/α-hetero) is 1. The smallest absolute Gasteiger partial charge is 0.340 e. The van der Waals surface area contributed by atoms with Gasteiger partial charge in [-0.25, -0.2) is 4.79 Å². The van der Waals surface area contributed by atoms with Crippen molar-refractivity contribution in [1.29, 1.82) is 0 Å². The van der Waals surface area contributed by atoms with Crippen molar-refractivity contribution in [3.8, 4) is 5.75 Å². The summed E-state index contributed by atoms with van der Waals surface area (Å²) >= 11 is 0. The Kier molecular flexibility index (Phi) is 3.72. The number of hydrogen-bond donors (Lipinski definition) is 2. The minimum atomic E-state index is -2.22. The number of aliphatic carboxylic acids is 1. The number of ketones is 1. The van der Waals surface area contributed by atoms with Crippen molar-refractivity contribution in [3.05, 3.63) is 54.1 Å². The molecule has 0 fully saturated rings. The highest BCUT2D eigenvalue weighted by atomic mass is 16.5. The van der Waals surface area contributed by atoms with Crippen molar-refractivity contribution in [3.63, 3.8) is 0 Å². The molecule has 0 saturated carbocycles. The summed E-state index contributed by atoms with van der Waals surface area (Å²) < 4.78 is 4.99. The quantitative estimate of drug-likeness (QED) is 0.811. The van der Waals surface area contributed by atoms with Gasteiger partial charge >= 0.3 is 5.97 Å². The van der Waals surface area contributed by atoms with Crippen molar-refractivity contribution in [1.82, 2.24) is 0 Å². The molecule has 0 spiro atoms. The van der Waals surface area contributed by atoms with E-state index in [-0.39, 0.29) is 0 Å². The van der Waals surface area contributed by atoms with E-state index in [2.05, 4.69) is 0 Å². The summed E-state index contributed by atoms with van der Waals surface area (Å²) in [5.74, 6) is -2.48. The molecule has 1 aliphatic rings. The van der Waals surface area contributed by atoms with Gasteiger partial charge in [0.1, 0.15) is 5.75 Å². The predicted molar refractivity (Wildman–Crippen MR) is 71.7 cm³/mol. The first-order chi connectivity index (χ1) is 9.49. The average molecular weight is 274 g/mol. The van der Waals surface area contributed by atoms with Crippen LogP contribution in [0.25, 0.3) is 0 Å². The van der Waals surface area contributed by atoms with E-state index < -0.39 is 23.3 Å². The highest BCUT2D eigenvalue weighted by molar-refractivity contribution is 6.03. The molecule has 0 bridgehead atoms. The van der Waals surface area contributed by atoms with Crippen LogP contribution in [0.1, 0.15) is 10.4 Å². The van der Waals surface area contributed by atoms with Crippen LogP contribution in [0.2, 0.25) is 0 Å². The molecule has 2 unspecified atom stereocenters. The second kappa shape index (κ2) is 5.30. The second-order valence-electron chi connectivity index (χ2n) is 4.44. The van der Waals surface area contributed by atoms with Crippen LogP contribution in [-0.4, -0.2) is 34.7 Å². The predicted octanol–water partition coefficient (Wildman–Crippen LogP) is 1.44. The number of hydrogen-bond acceptors (Lipinski definition) is 4. The van der Waals surface area contributed by atoms with E-state index in [1.165, 1.54) is 31.4 Å². The van der Waals surface area contributed by atoms with Gasteiger partial charge in [0, 0.05) is 5.56 Å². The third-order valence-electron chi connectivity index (χ3n) is 3.24. The van der Waals surface area contributed by atoms with Crippen LogP contribution in [-0.2, 0) is 4.79 Å². The van der Waals surface area contributed by atoms with E-state index in [1.807, 2.05) is 0 Å². The monoisotopic (exact) mass is 274 g/mol. The van der Waals surface area contributed by atoms with Crippen LogP contribution in [0.4, 0.5) is 0 Å². The largest absolute Gasteiger partial charge is 0.497 e. The van der Waals surface area contributed by atoms with Gasteiger partial charge in [-0.2, -0.15) is 0 Å². The number of aliphatic hydroxyl groups is 1. The van der Waals surface area contributed by atoms with Crippen LogP contribution < -0.4 is 4.74 Å². The van der Waals surface area contributed by atoms with E-state index in [9.17, 15) is 14.7 Å². The first-order valence-electron chi connectivity index (χ1n) is 5.99. The molecular weight excluding hydrogens is 260 g/mol. The fourth-order valence-corrected chi connectivity index (χ4v) is 2.05. The topological polar surface area (TPSA) is 83.8 Å². The maximum Gasteiger partial charge on any atom is 0.340 e. The molecule has 0 radical (unpaired) electrons. The number of carbonyl (C=O) groups excluding carboxylic acids is 1. The molecule has 5 nitrogen and oxygen atoms in total. The Balaban J connectivity index is 2.33. The highest BCUT2D eigenvalue weighted by Crippen LogP contribution is 2.29. The summed E-state index contributed by atoms with van der Waals surface area (Å²) in [5, 5.41) is 19.3. The van der Waals surface area contributed by atoms with Crippen LogP contribution in [0.3, 0.4) is 0 Å². The van der Waals surface area contributed by atoms with Crippen molar-refractivity contribution < 1.29 is 24.5 Å². The molecule has 20 heavy (non-hydrogen) atoms. The Hall–Kier alpha value is -2.40. The number of rotatable bonds is 4. The van der Waals surface area contributed by atoms with E-state index in [0.717, 1.165) is 6.08 Å². The molecule has 0 aromatic heterocycles. The van der Waals surface area contributed by atoms with Gasteiger partial charge in [0.15, 0.2) is 11.4 Å². The van der Waals surface area contributed by atoms with E-state index in [1.54, 1.807) is 18.2 Å². The van der Waals surface area contributed by atoms with Gasteiger partial charge in [-0.3, -0.25) is 4.79 Å². The van der Waals surface area contributed by atoms with Gasteiger partial charge in [-0.1, -0.05) is 18.2 Å². The van der Waals surface area contributed by atoms with Crippen molar-refractivity contribution in [2.24, 2.45) is 5.92 Å². The van der Waals surface area contributed by atoms with Crippen LogP contribution >= 0.6 is 0 Å². The number of carboxylic acid groups (broad SMARTS) is 1. The van der Waals surface area contributed by atoms with Crippen LogP contribution in [0, 0.1) is 5.92 Å². The first-order valence-corrected chi connectivity index (χ1v) is 5.99. The van der Waals surface area contributed by atoms with Gasteiger partial charge in [-0.05, 0) is 30.3 Å². The summed E-state index contributed by atoms with van der Waals surface area (Å²) in [5.41, 5.74) is -1.90. The number of carboxylic acids is 1. The Morgan fingerprint density at radius 1 is 1.20 bits per heavy atom. The van der Waals surface area contributed by atoms with Gasteiger partial charge in [-0.15, -0.1) is 0 Å². The molecule has 104 valence electrons. The molecule has 1 aromatic rings. The maximum atomic E-state index is 12.4. The lowest BCUT2D eigenvalue weighted by molar-refractivity contribution is -0.155. The standard InChI is InChI=1S/C15H14O5/c1-20-11-7-5-10(6-8-11)13(16)12-4-2-3-9-15(12,19)14(17)18/h2-9,12,19H,1H3,(H,17,18). The highest BCUT2D eigenvalue weighted by Gasteiger charge is 2.45. The average Bonchev–Trinajstić information content (AvgIpc) is 2.47. The number of methoxy groups -OCH3 is 1. The third kappa shape index (κ3) is 2.35. The van der Waals surface area contributed by atoms with Crippen molar-refractivity contribution >= 4 is 11.8 Å². The lowest BCUT2D eigenvalue weighted by Gasteiger charge is -2.28. The fraction of sp³-hybridized carbons (Fsp3) is 0.200. The Labute approximate surface area is 115 Å². The summed E-state index contributed by atoms with van der Waals surface area (Å²) in [6.07, 6.45) is 5.46. The summed E-state index contributed by atoms with van der Waals surface area (Å²) in [6.45, 7) is 0. The Morgan fingerprint density at radius 2 is 1.85 bits per heavy atom. The Morgan fingerprint density at radius 3 is 2.40 bits per heavy atom. The van der Waals surface area contributed by atoms with Crippen molar-refractivity contribution in [2.75, 3.05) is 7.11 Å².